The summed E-state index contributed by atoms with van der Waals surface area (Å²) in [4.78, 5) is 0.299. The standard InChI is InChI=1S/C14H16BrF3O/c15-13(11-5-7-19-8-6-11)9-10-1-3-12(4-2-10)14(16,17)18/h1-4,11,13H,5-9H2. The van der Waals surface area contributed by atoms with Crippen molar-refractivity contribution < 1.29 is 17.9 Å². The normalized spacial score (nSPS) is 19.4. The molecule has 0 aliphatic carbocycles. The van der Waals surface area contributed by atoms with E-state index in [1.807, 2.05) is 0 Å². The van der Waals surface area contributed by atoms with Crippen LogP contribution in [0.2, 0.25) is 0 Å². The third-order valence-electron chi connectivity index (χ3n) is 3.49. The number of ether oxygens (including phenoxy) is 1. The maximum absolute atomic E-state index is 12.4. The number of halogens is 4. The lowest BCUT2D eigenvalue weighted by molar-refractivity contribution is -0.137. The first-order valence-corrected chi connectivity index (χ1v) is 7.26. The Bertz CT molecular complexity index is 396. The number of benzene rings is 1. The highest BCUT2D eigenvalue weighted by molar-refractivity contribution is 9.09. The first-order valence-electron chi connectivity index (χ1n) is 6.35. The summed E-state index contributed by atoms with van der Waals surface area (Å²) >= 11 is 3.66. The molecule has 0 bridgehead atoms. The van der Waals surface area contributed by atoms with Gasteiger partial charge in [-0.25, -0.2) is 0 Å². The summed E-state index contributed by atoms with van der Waals surface area (Å²) in [6, 6.07) is 5.44. The minimum absolute atomic E-state index is 0.299. The number of hydrogen-bond donors (Lipinski definition) is 0. The van der Waals surface area contributed by atoms with Crippen LogP contribution in [0, 0.1) is 5.92 Å². The molecule has 0 amide bonds. The van der Waals surface area contributed by atoms with E-state index in [1.165, 1.54) is 0 Å². The molecular weight excluding hydrogens is 321 g/mol. The average Bonchev–Trinajstić information content (AvgIpc) is 2.39. The van der Waals surface area contributed by atoms with E-state index in [2.05, 4.69) is 15.9 Å². The van der Waals surface area contributed by atoms with Crippen LogP contribution in [0.1, 0.15) is 24.0 Å². The van der Waals surface area contributed by atoms with Crippen LogP contribution in [0.3, 0.4) is 0 Å². The molecule has 1 aromatic rings. The van der Waals surface area contributed by atoms with Gasteiger partial charge in [-0.2, -0.15) is 13.2 Å². The Kier molecular flexibility index (Phi) is 4.90. The highest BCUT2D eigenvalue weighted by Gasteiger charge is 2.30. The highest BCUT2D eigenvalue weighted by Crippen LogP contribution is 2.31. The van der Waals surface area contributed by atoms with Crippen LogP contribution in [0.15, 0.2) is 24.3 Å². The maximum Gasteiger partial charge on any atom is 0.416 e. The van der Waals surface area contributed by atoms with E-state index in [9.17, 15) is 13.2 Å². The van der Waals surface area contributed by atoms with Crippen molar-refractivity contribution in [1.29, 1.82) is 0 Å². The SMILES string of the molecule is FC(F)(F)c1ccc(CC(Br)C2CCOCC2)cc1. The van der Waals surface area contributed by atoms with Gasteiger partial charge in [0.2, 0.25) is 0 Å². The lowest BCUT2D eigenvalue weighted by Crippen LogP contribution is -2.24. The van der Waals surface area contributed by atoms with E-state index < -0.39 is 11.7 Å². The van der Waals surface area contributed by atoms with Gasteiger partial charge in [-0.05, 0) is 42.9 Å². The fourth-order valence-electron chi connectivity index (χ4n) is 2.30. The zero-order valence-corrected chi connectivity index (χ0v) is 12.0. The monoisotopic (exact) mass is 336 g/mol. The molecule has 1 aliphatic rings. The van der Waals surface area contributed by atoms with E-state index in [1.54, 1.807) is 12.1 Å². The van der Waals surface area contributed by atoms with Crippen LogP contribution in [-0.4, -0.2) is 18.0 Å². The van der Waals surface area contributed by atoms with Crippen molar-refractivity contribution in [2.24, 2.45) is 5.92 Å². The minimum Gasteiger partial charge on any atom is -0.381 e. The second-order valence-electron chi connectivity index (χ2n) is 4.86. The summed E-state index contributed by atoms with van der Waals surface area (Å²) in [7, 11) is 0. The van der Waals surface area contributed by atoms with Crippen molar-refractivity contribution >= 4 is 15.9 Å². The number of hydrogen-bond acceptors (Lipinski definition) is 1. The molecule has 0 spiro atoms. The molecule has 1 atom stereocenters. The van der Waals surface area contributed by atoms with Gasteiger partial charge in [0.25, 0.3) is 0 Å². The summed E-state index contributed by atoms with van der Waals surface area (Å²) in [6.07, 6.45) is -1.48. The van der Waals surface area contributed by atoms with Crippen LogP contribution in [0.25, 0.3) is 0 Å². The molecule has 1 aliphatic heterocycles. The predicted octanol–water partition coefficient (Wildman–Crippen LogP) is 4.44. The van der Waals surface area contributed by atoms with Gasteiger partial charge in [0.1, 0.15) is 0 Å². The molecule has 1 heterocycles. The van der Waals surface area contributed by atoms with Gasteiger partial charge in [-0.3, -0.25) is 0 Å². The smallest absolute Gasteiger partial charge is 0.381 e. The zero-order valence-electron chi connectivity index (χ0n) is 10.4. The Morgan fingerprint density at radius 3 is 2.26 bits per heavy atom. The molecule has 2 rings (SSSR count). The molecule has 0 N–H and O–H groups in total. The maximum atomic E-state index is 12.4. The minimum atomic E-state index is -4.26. The molecule has 0 aromatic heterocycles. The summed E-state index contributed by atoms with van der Waals surface area (Å²) in [6.45, 7) is 1.56. The molecule has 1 aromatic carbocycles. The highest BCUT2D eigenvalue weighted by atomic mass is 79.9. The van der Waals surface area contributed by atoms with Gasteiger partial charge in [0.05, 0.1) is 5.56 Å². The Balaban J connectivity index is 1.95. The van der Waals surface area contributed by atoms with Crippen molar-refractivity contribution in [1.82, 2.24) is 0 Å². The van der Waals surface area contributed by atoms with E-state index in [0.29, 0.717) is 10.7 Å². The fraction of sp³-hybridized carbons (Fsp3) is 0.571. The Labute approximate surface area is 119 Å². The van der Waals surface area contributed by atoms with E-state index in [0.717, 1.165) is 50.2 Å². The van der Waals surface area contributed by atoms with Crippen LogP contribution in [-0.2, 0) is 17.3 Å². The number of alkyl halides is 4. The van der Waals surface area contributed by atoms with Gasteiger partial charge >= 0.3 is 6.18 Å². The molecule has 1 nitrogen and oxygen atoms in total. The largest absolute Gasteiger partial charge is 0.416 e. The molecule has 1 unspecified atom stereocenters. The topological polar surface area (TPSA) is 9.23 Å². The van der Waals surface area contributed by atoms with Gasteiger partial charge in [-0.1, -0.05) is 28.1 Å². The van der Waals surface area contributed by atoms with Gasteiger partial charge in [0.15, 0.2) is 0 Å². The molecule has 0 radical (unpaired) electrons. The van der Waals surface area contributed by atoms with Gasteiger partial charge in [-0.15, -0.1) is 0 Å². The Morgan fingerprint density at radius 1 is 1.16 bits per heavy atom. The van der Waals surface area contributed by atoms with Crippen LogP contribution < -0.4 is 0 Å². The molecule has 106 valence electrons. The van der Waals surface area contributed by atoms with Crippen molar-refractivity contribution in [2.45, 2.75) is 30.3 Å². The van der Waals surface area contributed by atoms with Crippen LogP contribution >= 0.6 is 15.9 Å². The second kappa shape index (κ2) is 6.27. The van der Waals surface area contributed by atoms with Crippen molar-refractivity contribution in [3.8, 4) is 0 Å². The molecule has 5 heteroatoms. The predicted molar refractivity (Wildman–Crippen MR) is 71.4 cm³/mol. The summed E-state index contributed by atoms with van der Waals surface area (Å²) in [5.41, 5.74) is 0.342. The van der Waals surface area contributed by atoms with Crippen molar-refractivity contribution in [3.05, 3.63) is 35.4 Å². The second-order valence-corrected chi connectivity index (χ2v) is 6.04. The molecule has 19 heavy (non-hydrogen) atoms. The fourth-order valence-corrected chi connectivity index (χ4v) is 3.20. The van der Waals surface area contributed by atoms with Crippen LogP contribution in [0.4, 0.5) is 13.2 Å². The van der Waals surface area contributed by atoms with Crippen molar-refractivity contribution in [2.75, 3.05) is 13.2 Å². The van der Waals surface area contributed by atoms with Crippen molar-refractivity contribution in [3.63, 3.8) is 0 Å². The van der Waals surface area contributed by atoms with E-state index in [-0.39, 0.29) is 0 Å². The quantitative estimate of drug-likeness (QED) is 0.741. The van der Waals surface area contributed by atoms with E-state index >= 15 is 0 Å². The molecule has 1 saturated heterocycles. The van der Waals surface area contributed by atoms with Crippen LogP contribution in [0.5, 0.6) is 0 Å². The molecular formula is C14H16BrF3O. The third-order valence-corrected chi connectivity index (χ3v) is 4.56. The lowest BCUT2D eigenvalue weighted by Gasteiger charge is -2.26. The molecule has 0 saturated carbocycles. The summed E-state index contributed by atoms with van der Waals surface area (Å²) in [5, 5.41) is 0. The summed E-state index contributed by atoms with van der Waals surface area (Å²) < 4.78 is 42.7. The van der Waals surface area contributed by atoms with Gasteiger partial charge in [0, 0.05) is 18.0 Å². The lowest BCUT2D eigenvalue weighted by atomic mass is 9.92. The first-order chi connectivity index (χ1) is 8.97. The zero-order chi connectivity index (χ0) is 13.9. The third kappa shape index (κ3) is 4.21. The van der Waals surface area contributed by atoms with E-state index in [4.69, 9.17) is 4.74 Å². The number of rotatable bonds is 3. The average molecular weight is 337 g/mol. The first kappa shape index (κ1) is 14.9. The molecule has 1 fully saturated rings. The van der Waals surface area contributed by atoms with Gasteiger partial charge < -0.3 is 4.74 Å². The summed E-state index contributed by atoms with van der Waals surface area (Å²) in [5.74, 6) is 0.538. The Morgan fingerprint density at radius 2 is 1.74 bits per heavy atom. The Hall–Kier alpha value is -0.550.